The van der Waals surface area contributed by atoms with Gasteiger partial charge in [0.2, 0.25) is 5.91 Å². The van der Waals surface area contributed by atoms with E-state index in [9.17, 15) is 13.2 Å². The summed E-state index contributed by atoms with van der Waals surface area (Å²) in [7, 11) is -3.47. The molecule has 0 aliphatic carbocycles. The van der Waals surface area contributed by atoms with Gasteiger partial charge in [0.25, 0.3) is 0 Å². The topological polar surface area (TPSA) is 66.5 Å². The van der Waals surface area contributed by atoms with Crippen LogP contribution in [0.3, 0.4) is 0 Å². The monoisotopic (exact) mass is 360 g/mol. The summed E-state index contributed by atoms with van der Waals surface area (Å²) in [6.07, 6.45) is 1.87. The van der Waals surface area contributed by atoms with Crippen molar-refractivity contribution in [1.29, 1.82) is 0 Å². The number of sulfone groups is 1. The molecule has 0 aromatic heterocycles. The molecule has 0 atom stereocenters. The van der Waals surface area contributed by atoms with Gasteiger partial charge in [0.05, 0.1) is 0 Å². The summed E-state index contributed by atoms with van der Waals surface area (Å²) in [6, 6.07) is 9.67. The van der Waals surface area contributed by atoms with Crippen LogP contribution < -0.4 is 5.32 Å². The molecule has 0 bridgehead atoms. The molecule has 1 aliphatic heterocycles. The molecule has 1 heterocycles. The summed E-state index contributed by atoms with van der Waals surface area (Å²) in [5.41, 5.74) is 1.01. The van der Waals surface area contributed by atoms with Crippen LogP contribution in [-0.2, 0) is 21.2 Å². The number of nitrogens with zero attached hydrogens (tertiary/aromatic N) is 1. The Labute approximate surface area is 144 Å². The van der Waals surface area contributed by atoms with Gasteiger partial charge >= 0.3 is 0 Å². The van der Waals surface area contributed by atoms with Crippen LogP contribution in [0.4, 0.5) is 0 Å². The molecular weight excluding hydrogens is 336 g/mol. The molecule has 7 heteroatoms. The quantitative estimate of drug-likeness (QED) is 0.866. The highest BCUT2D eigenvalue weighted by atomic mass is 35.5. The molecule has 2 rings (SSSR count). The number of halogens is 1. The second-order valence-electron chi connectivity index (χ2n) is 5.82. The molecule has 1 aromatic carbocycles. The van der Waals surface area contributed by atoms with Gasteiger partial charge in [0.15, 0.2) is 14.6 Å². The molecule has 0 spiro atoms. The minimum atomic E-state index is -3.47. The third-order valence-corrected chi connectivity index (χ3v) is 6.40. The SMILES string of the molecule is CCN(Cc1ccccc1)C(=O)C1(S(C)(=O)=O)CCNCC1.Cl. The summed E-state index contributed by atoms with van der Waals surface area (Å²) in [5, 5.41) is 3.14. The zero-order chi connectivity index (χ0) is 16.2. The van der Waals surface area contributed by atoms with E-state index in [1.54, 1.807) is 4.90 Å². The number of hydrogen-bond donors (Lipinski definition) is 1. The fourth-order valence-corrected chi connectivity index (χ4v) is 4.39. The molecule has 1 aliphatic rings. The minimum absolute atomic E-state index is 0. The highest BCUT2D eigenvalue weighted by molar-refractivity contribution is 7.92. The highest BCUT2D eigenvalue weighted by Gasteiger charge is 2.50. The lowest BCUT2D eigenvalue weighted by molar-refractivity contribution is -0.135. The van der Waals surface area contributed by atoms with Crippen molar-refractivity contribution in [3.05, 3.63) is 35.9 Å². The predicted octanol–water partition coefficient (Wildman–Crippen LogP) is 1.62. The minimum Gasteiger partial charge on any atom is -0.337 e. The third kappa shape index (κ3) is 4.25. The van der Waals surface area contributed by atoms with Gasteiger partial charge in [0, 0.05) is 19.3 Å². The number of amides is 1. The molecule has 23 heavy (non-hydrogen) atoms. The van der Waals surface area contributed by atoms with E-state index >= 15 is 0 Å². The number of rotatable bonds is 5. The van der Waals surface area contributed by atoms with E-state index in [1.165, 1.54) is 6.26 Å². The summed E-state index contributed by atoms with van der Waals surface area (Å²) in [4.78, 5) is 14.7. The third-order valence-electron chi connectivity index (χ3n) is 4.40. The number of carbonyl (C=O) groups is 1. The van der Waals surface area contributed by atoms with Gasteiger partial charge in [-0.1, -0.05) is 30.3 Å². The van der Waals surface area contributed by atoms with Gasteiger partial charge in [-0.15, -0.1) is 12.4 Å². The second kappa shape index (κ2) is 8.13. The van der Waals surface area contributed by atoms with Gasteiger partial charge in [-0.3, -0.25) is 4.79 Å². The zero-order valence-electron chi connectivity index (χ0n) is 13.6. The Bertz CT molecular complexity index is 613. The van der Waals surface area contributed by atoms with E-state index in [4.69, 9.17) is 0 Å². The van der Waals surface area contributed by atoms with Crippen molar-refractivity contribution in [3.8, 4) is 0 Å². The molecular formula is C16H25ClN2O3S. The van der Waals surface area contributed by atoms with Gasteiger partial charge in [-0.25, -0.2) is 8.42 Å². The summed E-state index contributed by atoms with van der Waals surface area (Å²) in [5.74, 6) is -0.261. The summed E-state index contributed by atoms with van der Waals surface area (Å²) in [6.45, 7) is 3.95. The maximum Gasteiger partial charge on any atom is 0.244 e. The Kier molecular flexibility index (Phi) is 7.04. The fourth-order valence-electron chi connectivity index (χ4n) is 2.99. The van der Waals surface area contributed by atoms with Crippen molar-refractivity contribution in [2.45, 2.75) is 31.1 Å². The van der Waals surface area contributed by atoms with Gasteiger partial charge in [0.1, 0.15) is 0 Å². The first kappa shape index (κ1) is 19.9. The summed E-state index contributed by atoms with van der Waals surface area (Å²) >= 11 is 0. The molecule has 5 nitrogen and oxygen atoms in total. The number of hydrogen-bond acceptors (Lipinski definition) is 4. The Morgan fingerprint density at radius 2 is 1.78 bits per heavy atom. The maximum absolute atomic E-state index is 13.0. The number of nitrogens with one attached hydrogen (secondary N) is 1. The lowest BCUT2D eigenvalue weighted by Gasteiger charge is -2.38. The first-order valence-corrected chi connectivity index (χ1v) is 9.53. The Hall–Kier alpha value is -1.11. The average molecular weight is 361 g/mol. The molecule has 130 valence electrons. The van der Waals surface area contributed by atoms with Crippen LogP contribution in [0.5, 0.6) is 0 Å². The van der Waals surface area contributed by atoms with Crippen molar-refractivity contribution in [2.75, 3.05) is 25.9 Å². The smallest absolute Gasteiger partial charge is 0.244 e. The second-order valence-corrected chi connectivity index (χ2v) is 8.15. The fraction of sp³-hybridized carbons (Fsp3) is 0.562. The van der Waals surface area contributed by atoms with Crippen molar-refractivity contribution in [3.63, 3.8) is 0 Å². The molecule has 1 amide bonds. The molecule has 0 saturated carbocycles. The number of piperidine rings is 1. The molecule has 1 aromatic rings. The van der Waals surface area contributed by atoms with E-state index in [0.717, 1.165) is 5.56 Å². The molecule has 1 N–H and O–H groups in total. The van der Waals surface area contributed by atoms with Gasteiger partial charge < -0.3 is 10.2 Å². The van der Waals surface area contributed by atoms with Crippen molar-refractivity contribution < 1.29 is 13.2 Å². The largest absolute Gasteiger partial charge is 0.337 e. The van der Waals surface area contributed by atoms with Crippen LogP contribution in [0.1, 0.15) is 25.3 Å². The molecule has 1 saturated heterocycles. The van der Waals surface area contributed by atoms with Gasteiger partial charge in [-0.2, -0.15) is 0 Å². The van der Waals surface area contributed by atoms with Crippen LogP contribution >= 0.6 is 12.4 Å². The summed E-state index contributed by atoms with van der Waals surface area (Å²) < 4.78 is 23.4. The van der Waals surface area contributed by atoms with E-state index in [2.05, 4.69) is 5.32 Å². The van der Waals surface area contributed by atoms with Crippen molar-refractivity contribution >= 4 is 28.2 Å². The van der Waals surface area contributed by atoms with Crippen LogP contribution in [0.2, 0.25) is 0 Å². The Morgan fingerprint density at radius 3 is 2.26 bits per heavy atom. The first-order valence-electron chi connectivity index (χ1n) is 7.64. The molecule has 1 fully saturated rings. The highest BCUT2D eigenvalue weighted by Crippen LogP contribution is 2.30. The van der Waals surface area contributed by atoms with Crippen LogP contribution in [0.25, 0.3) is 0 Å². The lowest BCUT2D eigenvalue weighted by atomic mass is 9.95. The number of benzene rings is 1. The average Bonchev–Trinajstić information content (AvgIpc) is 2.52. The van der Waals surface area contributed by atoms with E-state index in [-0.39, 0.29) is 18.3 Å². The predicted molar refractivity (Wildman–Crippen MR) is 94.5 cm³/mol. The van der Waals surface area contributed by atoms with Crippen LogP contribution in [0.15, 0.2) is 30.3 Å². The molecule has 0 radical (unpaired) electrons. The standard InChI is InChI=1S/C16H24N2O3S.ClH/c1-3-18(13-14-7-5-4-6-8-14)15(19)16(22(2,20)21)9-11-17-12-10-16;/h4-8,17H,3,9-13H2,1-2H3;1H. The molecule has 0 unspecified atom stereocenters. The normalized spacial score (nSPS) is 17.1. The van der Waals surface area contributed by atoms with Crippen molar-refractivity contribution in [1.82, 2.24) is 10.2 Å². The Morgan fingerprint density at radius 1 is 1.22 bits per heavy atom. The Balaban J connectivity index is 0.00000264. The zero-order valence-corrected chi connectivity index (χ0v) is 15.3. The van der Waals surface area contributed by atoms with Crippen molar-refractivity contribution in [2.24, 2.45) is 0 Å². The van der Waals surface area contributed by atoms with Crippen LogP contribution in [-0.4, -0.2) is 49.9 Å². The number of carbonyl (C=O) groups excluding carboxylic acids is 1. The van der Waals surface area contributed by atoms with Gasteiger partial charge in [-0.05, 0) is 38.4 Å². The van der Waals surface area contributed by atoms with E-state index < -0.39 is 14.6 Å². The lowest BCUT2D eigenvalue weighted by Crippen LogP contribution is -2.58. The first-order chi connectivity index (χ1) is 10.4. The van der Waals surface area contributed by atoms with E-state index in [1.807, 2.05) is 37.3 Å². The van der Waals surface area contributed by atoms with E-state index in [0.29, 0.717) is 39.0 Å². The van der Waals surface area contributed by atoms with Crippen LogP contribution in [0, 0.1) is 0 Å². The maximum atomic E-state index is 13.0.